The summed E-state index contributed by atoms with van der Waals surface area (Å²) in [7, 11) is 1.69. The van der Waals surface area contributed by atoms with Crippen LogP contribution in [-0.4, -0.2) is 26.8 Å². The number of hydrogen-bond donors (Lipinski definition) is 2. The van der Waals surface area contributed by atoms with Crippen molar-refractivity contribution < 1.29 is 14.7 Å². The predicted octanol–water partition coefficient (Wildman–Crippen LogP) is 2.13. The van der Waals surface area contributed by atoms with Crippen LogP contribution in [0.1, 0.15) is 20.8 Å². The maximum absolute atomic E-state index is 12.0. The Morgan fingerprint density at radius 2 is 2.11 bits per heavy atom. The van der Waals surface area contributed by atoms with Gasteiger partial charge in [0.25, 0.3) is 5.91 Å². The second-order valence-corrected chi connectivity index (χ2v) is 4.65. The number of carboxylic acid groups (broad SMARTS) is 1. The van der Waals surface area contributed by atoms with Crippen LogP contribution in [0.3, 0.4) is 0 Å². The number of anilines is 1. The van der Waals surface area contributed by atoms with Crippen molar-refractivity contribution in [2.24, 2.45) is 7.05 Å². The van der Waals surface area contributed by atoms with Crippen LogP contribution < -0.4 is 5.32 Å². The molecule has 1 aromatic carbocycles. The molecule has 98 valence electrons. The molecule has 0 bridgehead atoms. The van der Waals surface area contributed by atoms with Crippen LogP contribution in [0, 0.1) is 0 Å². The lowest BCUT2D eigenvalue weighted by atomic mass is 10.2. The average Bonchev–Trinajstić information content (AvgIpc) is 2.78. The number of carbonyl (C=O) groups excluding carboxylic acids is 1. The van der Waals surface area contributed by atoms with Gasteiger partial charge in [-0.3, -0.25) is 9.48 Å². The minimum Gasteiger partial charge on any atom is -0.478 e. The van der Waals surface area contributed by atoms with Gasteiger partial charge in [0.1, 0.15) is 0 Å². The van der Waals surface area contributed by atoms with Crippen molar-refractivity contribution in [1.82, 2.24) is 9.78 Å². The molecule has 6 nitrogen and oxygen atoms in total. The van der Waals surface area contributed by atoms with E-state index in [0.29, 0.717) is 4.47 Å². The Morgan fingerprint density at radius 1 is 1.37 bits per heavy atom. The summed E-state index contributed by atoms with van der Waals surface area (Å²) in [5, 5.41) is 15.6. The number of aryl methyl sites for hydroxylation is 1. The molecule has 0 aliphatic rings. The first-order valence-corrected chi connectivity index (χ1v) is 6.11. The van der Waals surface area contributed by atoms with Gasteiger partial charge in [0, 0.05) is 17.7 Å². The molecule has 2 rings (SSSR count). The number of rotatable bonds is 3. The fourth-order valence-electron chi connectivity index (χ4n) is 1.54. The van der Waals surface area contributed by atoms with E-state index in [4.69, 9.17) is 5.11 Å². The number of carbonyl (C=O) groups is 2. The van der Waals surface area contributed by atoms with Crippen LogP contribution >= 0.6 is 15.9 Å². The van der Waals surface area contributed by atoms with Gasteiger partial charge in [-0.2, -0.15) is 5.10 Å². The fraction of sp³-hybridized carbons (Fsp3) is 0.0833. The molecule has 1 amide bonds. The number of nitrogens with one attached hydrogen (secondary N) is 1. The zero-order chi connectivity index (χ0) is 14.0. The van der Waals surface area contributed by atoms with Crippen molar-refractivity contribution in [1.29, 1.82) is 0 Å². The molecule has 1 heterocycles. The maximum atomic E-state index is 12.0. The Labute approximate surface area is 117 Å². The van der Waals surface area contributed by atoms with E-state index in [-0.39, 0.29) is 16.9 Å². The van der Waals surface area contributed by atoms with Crippen LogP contribution in [0.5, 0.6) is 0 Å². The molecule has 0 atom stereocenters. The molecule has 0 aliphatic carbocycles. The summed E-state index contributed by atoms with van der Waals surface area (Å²) >= 11 is 3.22. The van der Waals surface area contributed by atoms with Crippen molar-refractivity contribution in [3.05, 3.63) is 46.2 Å². The van der Waals surface area contributed by atoms with Crippen molar-refractivity contribution in [2.75, 3.05) is 5.32 Å². The van der Waals surface area contributed by atoms with Gasteiger partial charge in [-0.05, 0) is 34.1 Å². The van der Waals surface area contributed by atoms with Gasteiger partial charge in [0.15, 0.2) is 5.69 Å². The van der Waals surface area contributed by atoms with Crippen LogP contribution in [0.2, 0.25) is 0 Å². The van der Waals surface area contributed by atoms with E-state index < -0.39 is 11.9 Å². The molecular formula is C12H10BrN3O3. The Morgan fingerprint density at radius 3 is 2.68 bits per heavy atom. The highest BCUT2D eigenvalue weighted by Gasteiger charge is 2.17. The highest BCUT2D eigenvalue weighted by atomic mass is 79.9. The van der Waals surface area contributed by atoms with E-state index >= 15 is 0 Å². The Balaban J connectivity index is 2.33. The molecule has 0 radical (unpaired) electrons. The molecule has 2 aromatic rings. The van der Waals surface area contributed by atoms with Crippen LogP contribution in [0.4, 0.5) is 5.69 Å². The van der Waals surface area contributed by atoms with Gasteiger partial charge in [-0.1, -0.05) is 6.07 Å². The lowest BCUT2D eigenvalue weighted by molar-refractivity contribution is 0.0698. The van der Waals surface area contributed by atoms with Gasteiger partial charge >= 0.3 is 5.97 Å². The van der Waals surface area contributed by atoms with Crippen molar-refractivity contribution >= 4 is 33.5 Å². The molecule has 0 unspecified atom stereocenters. The van der Waals surface area contributed by atoms with Crippen molar-refractivity contribution in [2.45, 2.75) is 0 Å². The summed E-state index contributed by atoms with van der Waals surface area (Å²) in [6.45, 7) is 0. The molecule has 7 heteroatoms. The lowest BCUT2D eigenvalue weighted by Crippen LogP contribution is -2.16. The third-order valence-electron chi connectivity index (χ3n) is 2.43. The molecule has 0 saturated carbocycles. The number of carboxylic acids is 1. The first-order chi connectivity index (χ1) is 8.99. The number of halogens is 1. The highest BCUT2D eigenvalue weighted by molar-refractivity contribution is 9.10. The first-order valence-electron chi connectivity index (χ1n) is 5.32. The van der Waals surface area contributed by atoms with E-state index in [9.17, 15) is 9.59 Å². The molecule has 19 heavy (non-hydrogen) atoms. The summed E-state index contributed by atoms with van der Waals surface area (Å²) in [6, 6.07) is 6.21. The molecule has 0 spiro atoms. The van der Waals surface area contributed by atoms with E-state index in [1.807, 2.05) is 0 Å². The predicted molar refractivity (Wildman–Crippen MR) is 72.3 cm³/mol. The quantitative estimate of drug-likeness (QED) is 0.906. The fourth-order valence-corrected chi connectivity index (χ4v) is 2.01. The Hall–Kier alpha value is -2.15. The summed E-state index contributed by atoms with van der Waals surface area (Å²) in [4.78, 5) is 23.1. The van der Waals surface area contributed by atoms with Crippen LogP contribution in [0.15, 0.2) is 34.9 Å². The number of hydrogen-bond acceptors (Lipinski definition) is 3. The van der Waals surface area contributed by atoms with Gasteiger partial charge in [-0.25, -0.2) is 4.79 Å². The lowest BCUT2D eigenvalue weighted by Gasteiger charge is -2.09. The molecule has 0 saturated heterocycles. The van der Waals surface area contributed by atoms with Crippen LogP contribution in [0.25, 0.3) is 0 Å². The summed E-state index contributed by atoms with van der Waals surface area (Å²) < 4.78 is 1.99. The van der Waals surface area contributed by atoms with E-state index in [1.165, 1.54) is 10.7 Å². The largest absolute Gasteiger partial charge is 0.478 e. The van der Waals surface area contributed by atoms with E-state index in [2.05, 4.69) is 26.3 Å². The van der Waals surface area contributed by atoms with Gasteiger partial charge in [0.2, 0.25) is 0 Å². The standard InChI is InChI=1S/C12H10BrN3O3/c1-16-6-5-9(15-16)11(17)14-10-7(12(18)19)3-2-4-8(10)13/h2-6H,1H3,(H,14,17)(H,18,19). The minimum atomic E-state index is -1.11. The van der Waals surface area contributed by atoms with Crippen molar-refractivity contribution in [3.63, 3.8) is 0 Å². The van der Waals surface area contributed by atoms with E-state index in [0.717, 1.165) is 0 Å². The number of amides is 1. The molecule has 0 aliphatic heterocycles. The van der Waals surface area contributed by atoms with Crippen molar-refractivity contribution in [3.8, 4) is 0 Å². The highest BCUT2D eigenvalue weighted by Crippen LogP contribution is 2.26. The summed E-state index contributed by atoms with van der Waals surface area (Å²) in [6.07, 6.45) is 1.63. The monoisotopic (exact) mass is 323 g/mol. The molecule has 1 aromatic heterocycles. The van der Waals surface area contributed by atoms with Gasteiger partial charge < -0.3 is 10.4 Å². The zero-order valence-electron chi connectivity index (χ0n) is 9.92. The normalized spacial score (nSPS) is 10.2. The zero-order valence-corrected chi connectivity index (χ0v) is 11.5. The molecule has 2 N–H and O–H groups in total. The topological polar surface area (TPSA) is 84.2 Å². The maximum Gasteiger partial charge on any atom is 0.337 e. The number of para-hydroxylation sites is 1. The number of nitrogens with zero attached hydrogens (tertiary/aromatic N) is 2. The third-order valence-corrected chi connectivity index (χ3v) is 3.09. The first kappa shape index (κ1) is 13.3. The second-order valence-electron chi connectivity index (χ2n) is 3.80. The number of aromatic nitrogens is 2. The molecule has 0 fully saturated rings. The summed E-state index contributed by atoms with van der Waals surface area (Å²) in [5.74, 6) is -1.58. The van der Waals surface area contributed by atoms with Crippen LogP contribution in [-0.2, 0) is 7.05 Å². The Bertz CT molecular complexity index is 651. The van der Waals surface area contributed by atoms with E-state index in [1.54, 1.807) is 31.4 Å². The summed E-state index contributed by atoms with van der Waals surface area (Å²) in [5.41, 5.74) is 0.443. The van der Waals surface area contributed by atoms with Gasteiger partial charge in [0.05, 0.1) is 11.3 Å². The van der Waals surface area contributed by atoms with Gasteiger partial charge in [-0.15, -0.1) is 0 Å². The Kier molecular flexibility index (Phi) is 3.66. The second kappa shape index (κ2) is 5.23. The number of benzene rings is 1. The number of aromatic carboxylic acids is 1. The molecular weight excluding hydrogens is 314 g/mol. The average molecular weight is 324 g/mol. The third kappa shape index (κ3) is 2.82. The SMILES string of the molecule is Cn1ccc(C(=O)Nc2c(Br)cccc2C(=O)O)n1. The smallest absolute Gasteiger partial charge is 0.337 e. The minimum absolute atomic E-state index is 0.0126.